The van der Waals surface area contributed by atoms with Crippen molar-refractivity contribution in [1.82, 2.24) is 0 Å². The van der Waals surface area contributed by atoms with Crippen LogP contribution in [0.2, 0.25) is 0 Å². The first-order valence-electron chi connectivity index (χ1n) is 5.98. The van der Waals surface area contributed by atoms with Crippen LogP contribution in [0.4, 0.5) is 5.69 Å². The van der Waals surface area contributed by atoms with E-state index in [-0.39, 0.29) is 0 Å². The lowest BCUT2D eigenvalue weighted by Crippen LogP contribution is -2.06. The molecule has 0 aliphatic rings. The van der Waals surface area contributed by atoms with Crippen LogP contribution in [-0.4, -0.2) is 20.3 Å². The van der Waals surface area contributed by atoms with Crippen LogP contribution in [0.25, 0.3) is 11.1 Å². The van der Waals surface area contributed by atoms with Gasteiger partial charge in [0.25, 0.3) is 0 Å². The summed E-state index contributed by atoms with van der Waals surface area (Å²) >= 11 is 3.50. The molecule has 0 saturated carbocycles. The number of hydrogen-bond acceptors (Lipinski definition) is 3. The molecule has 0 unspecified atom stereocenters. The van der Waals surface area contributed by atoms with Gasteiger partial charge in [-0.25, -0.2) is 0 Å². The topological polar surface area (TPSA) is 44.5 Å². The Hall–Kier alpha value is -1.52. The predicted octanol–water partition coefficient (Wildman–Crippen LogP) is 3.72. The summed E-state index contributed by atoms with van der Waals surface area (Å²) in [6, 6.07) is 14.0. The van der Waals surface area contributed by atoms with Gasteiger partial charge in [0.15, 0.2) is 5.75 Å². The summed E-state index contributed by atoms with van der Waals surface area (Å²) in [6.07, 6.45) is 0. The van der Waals surface area contributed by atoms with Gasteiger partial charge < -0.3 is 15.2 Å². The zero-order chi connectivity index (χ0) is 13.7. The number of nitrogens with two attached hydrogens (primary N) is 1. The van der Waals surface area contributed by atoms with E-state index in [1.165, 1.54) is 0 Å². The Bertz CT molecular complexity index is 520. The molecule has 0 spiro atoms. The highest BCUT2D eigenvalue weighted by Crippen LogP contribution is 2.36. The lowest BCUT2D eigenvalue weighted by molar-refractivity contribution is 0.146. The number of benzene rings is 2. The van der Waals surface area contributed by atoms with Gasteiger partial charge in [0.05, 0.1) is 16.8 Å². The third kappa shape index (κ3) is 3.49. The predicted molar refractivity (Wildman–Crippen MR) is 81.4 cm³/mol. The minimum Gasteiger partial charge on any atom is -0.488 e. The highest BCUT2D eigenvalue weighted by atomic mass is 79.9. The van der Waals surface area contributed by atoms with Gasteiger partial charge in [-0.15, -0.1) is 0 Å². The lowest BCUT2D eigenvalue weighted by atomic mass is 10.1. The molecule has 0 saturated heterocycles. The highest BCUT2D eigenvalue weighted by Gasteiger charge is 2.09. The molecule has 0 aliphatic carbocycles. The Balaban J connectivity index is 2.26. The molecule has 0 atom stereocenters. The van der Waals surface area contributed by atoms with Crippen LogP contribution >= 0.6 is 15.9 Å². The number of methoxy groups -OCH3 is 1. The van der Waals surface area contributed by atoms with E-state index in [2.05, 4.69) is 15.9 Å². The van der Waals surface area contributed by atoms with Crippen LogP contribution < -0.4 is 10.5 Å². The third-order valence-corrected chi connectivity index (χ3v) is 3.30. The Morgan fingerprint density at radius 2 is 1.79 bits per heavy atom. The van der Waals surface area contributed by atoms with Gasteiger partial charge >= 0.3 is 0 Å². The average Bonchev–Trinajstić information content (AvgIpc) is 2.43. The van der Waals surface area contributed by atoms with Crippen molar-refractivity contribution in [3.63, 3.8) is 0 Å². The van der Waals surface area contributed by atoms with Crippen molar-refractivity contribution in [3.05, 3.63) is 46.9 Å². The standard InChI is InChI=1S/C15H16BrNO2/c1-18-7-8-19-15-13(16)9-12(10-14(15)17)11-5-3-2-4-6-11/h2-6,9-10H,7-8,17H2,1H3. The van der Waals surface area contributed by atoms with Gasteiger partial charge in [-0.2, -0.15) is 0 Å². The number of hydrogen-bond donors (Lipinski definition) is 1. The van der Waals surface area contributed by atoms with Crippen LogP contribution in [-0.2, 0) is 4.74 Å². The van der Waals surface area contributed by atoms with Crippen LogP contribution in [0.3, 0.4) is 0 Å². The van der Waals surface area contributed by atoms with E-state index < -0.39 is 0 Å². The molecule has 0 heterocycles. The third-order valence-electron chi connectivity index (χ3n) is 2.71. The number of anilines is 1. The minimum absolute atomic E-state index is 0.476. The fraction of sp³-hybridized carbons (Fsp3) is 0.200. The van der Waals surface area contributed by atoms with Gasteiger partial charge in [-0.05, 0) is 39.2 Å². The van der Waals surface area contributed by atoms with E-state index in [4.69, 9.17) is 15.2 Å². The van der Waals surface area contributed by atoms with E-state index in [1.807, 2.05) is 42.5 Å². The molecule has 0 radical (unpaired) electrons. The minimum atomic E-state index is 0.476. The monoisotopic (exact) mass is 321 g/mol. The van der Waals surface area contributed by atoms with Gasteiger partial charge in [-0.1, -0.05) is 30.3 Å². The smallest absolute Gasteiger partial charge is 0.156 e. The van der Waals surface area contributed by atoms with Crippen LogP contribution in [0.15, 0.2) is 46.9 Å². The van der Waals surface area contributed by atoms with Gasteiger partial charge in [0.1, 0.15) is 6.61 Å². The molecule has 0 aliphatic heterocycles. The van der Waals surface area contributed by atoms with Crippen molar-refractivity contribution in [2.24, 2.45) is 0 Å². The molecule has 2 rings (SSSR count). The molecule has 2 aromatic carbocycles. The zero-order valence-corrected chi connectivity index (χ0v) is 12.3. The Morgan fingerprint density at radius 1 is 1.05 bits per heavy atom. The van der Waals surface area contributed by atoms with Crippen LogP contribution in [0, 0.1) is 0 Å². The number of halogens is 1. The fourth-order valence-electron chi connectivity index (χ4n) is 1.79. The van der Waals surface area contributed by atoms with E-state index in [1.54, 1.807) is 7.11 Å². The Labute approximate surface area is 121 Å². The summed E-state index contributed by atoms with van der Waals surface area (Å²) < 4.78 is 11.4. The quantitative estimate of drug-likeness (QED) is 0.674. The number of ether oxygens (including phenoxy) is 2. The van der Waals surface area contributed by atoms with Gasteiger partial charge in [0.2, 0.25) is 0 Å². The average molecular weight is 322 g/mol. The zero-order valence-electron chi connectivity index (χ0n) is 10.7. The summed E-state index contributed by atoms with van der Waals surface area (Å²) in [5.74, 6) is 0.664. The first-order valence-corrected chi connectivity index (χ1v) is 6.78. The molecule has 2 N–H and O–H groups in total. The van der Waals surface area contributed by atoms with Crippen molar-refractivity contribution in [1.29, 1.82) is 0 Å². The van der Waals surface area contributed by atoms with Crippen molar-refractivity contribution in [2.75, 3.05) is 26.1 Å². The molecular formula is C15H16BrNO2. The van der Waals surface area contributed by atoms with E-state index in [9.17, 15) is 0 Å². The summed E-state index contributed by atoms with van der Waals surface area (Å²) in [6.45, 7) is 1.01. The molecule has 100 valence electrons. The second-order valence-corrected chi connectivity index (χ2v) is 4.94. The van der Waals surface area contributed by atoms with Gasteiger partial charge in [0, 0.05) is 7.11 Å². The van der Waals surface area contributed by atoms with E-state index in [0.29, 0.717) is 24.7 Å². The maximum atomic E-state index is 6.05. The van der Waals surface area contributed by atoms with Crippen LogP contribution in [0.1, 0.15) is 0 Å². The number of rotatable bonds is 5. The normalized spacial score (nSPS) is 10.4. The Morgan fingerprint density at radius 3 is 2.42 bits per heavy atom. The highest BCUT2D eigenvalue weighted by molar-refractivity contribution is 9.10. The molecule has 0 aromatic heterocycles. The van der Waals surface area contributed by atoms with Crippen LogP contribution in [0.5, 0.6) is 5.75 Å². The molecule has 0 bridgehead atoms. The number of nitrogen functional groups attached to an aromatic ring is 1. The largest absolute Gasteiger partial charge is 0.488 e. The molecule has 4 heteroatoms. The van der Waals surface area contributed by atoms with Crippen molar-refractivity contribution >= 4 is 21.6 Å². The summed E-state index contributed by atoms with van der Waals surface area (Å²) in [5, 5.41) is 0. The second kappa shape index (κ2) is 6.59. The molecule has 0 fully saturated rings. The van der Waals surface area contributed by atoms with Crippen molar-refractivity contribution < 1.29 is 9.47 Å². The molecule has 19 heavy (non-hydrogen) atoms. The van der Waals surface area contributed by atoms with Gasteiger partial charge in [-0.3, -0.25) is 0 Å². The first kappa shape index (κ1) is 13.9. The molecular weight excluding hydrogens is 306 g/mol. The molecule has 0 amide bonds. The molecule has 2 aromatic rings. The second-order valence-electron chi connectivity index (χ2n) is 4.08. The van der Waals surface area contributed by atoms with E-state index >= 15 is 0 Å². The summed E-state index contributed by atoms with van der Waals surface area (Å²) in [4.78, 5) is 0. The lowest BCUT2D eigenvalue weighted by Gasteiger charge is -2.12. The SMILES string of the molecule is COCCOc1c(N)cc(-c2ccccc2)cc1Br. The first-order chi connectivity index (χ1) is 9.22. The maximum absolute atomic E-state index is 6.05. The Kier molecular flexibility index (Phi) is 4.82. The van der Waals surface area contributed by atoms with E-state index in [0.717, 1.165) is 15.6 Å². The van der Waals surface area contributed by atoms with Crippen molar-refractivity contribution in [2.45, 2.75) is 0 Å². The summed E-state index contributed by atoms with van der Waals surface area (Å²) in [5.41, 5.74) is 8.84. The maximum Gasteiger partial charge on any atom is 0.156 e. The molecule has 3 nitrogen and oxygen atoms in total. The fourth-order valence-corrected chi connectivity index (χ4v) is 2.38. The summed E-state index contributed by atoms with van der Waals surface area (Å²) in [7, 11) is 1.64. The van der Waals surface area contributed by atoms with Crippen molar-refractivity contribution in [3.8, 4) is 16.9 Å².